The van der Waals surface area contributed by atoms with Crippen molar-refractivity contribution in [3.8, 4) is 0 Å². The second kappa shape index (κ2) is 5.34. The van der Waals surface area contributed by atoms with E-state index in [2.05, 4.69) is 76.3 Å². The van der Waals surface area contributed by atoms with Gasteiger partial charge in [0.1, 0.15) is 0 Å². The molecule has 2 rings (SSSR count). The molecule has 0 fully saturated rings. The van der Waals surface area contributed by atoms with Crippen molar-refractivity contribution >= 4 is 0 Å². The molecular formula is C16H24. The number of rotatable bonds is 0. The van der Waals surface area contributed by atoms with E-state index in [4.69, 9.17) is 0 Å². The van der Waals surface area contributed by atoms with Crippen molar-refractivity contribution < 1.29 is 0 Å². The van der Waals surface area contributed by atoms with Gasteiger partial charge in [0.25, 0.3) is 0 Å². The summed E-state index contributed by atoms with van der Waals surface area (Å²) in [6, 6.07) is 0. The highest BCUT2D eigenvalue weighted by Gasteiger charge is 2.11. The minimum absolute atomic E-state index is 0.318. The quantitative estimate of drug-likeness (QED) is 0.497. The lowest BCUT2D eigenvalue weighted by Gasteiger charge is -2.19. The molecule has 0 aromatic rings. The predicted octanol–water partition coefficient (Wildman–Crippen LogP) is 5.06. The first-order chi connectivity index (χ1) is 7.41. The first-order valence-corrected chi connectivity index (χ1v) is 6.11. The largest absolute Gasteiger partial charge is 0.0839 e. The Labute approximate surface area is 100 Å². The van der Waals surface area contributed by atoms with Crippen molar-refractivity contribution in [1.82, 2.24) is 0 Å². The molecule has 2 aliphatic rings. The van der Waals surface area contributed by atoms with Crippen molar-refractivity contribution in [2.45, 2.75) is 40.5 Å². The molecule has 0 spiro atoms. The fourth-order valence-corrected chi connectivity index (χ4v) is 1.71. The molecule has 88 valence electrons. The van der Waals surface area contributed by atoms with Gasteiger partial charge in [-0.15, -0.1) is 0 Å². The van der Waals surface area contributed by atoms with Crippen LogP contribution in [0.15, 0.2) is 48.6 Å². The van der Waals surface area contributed by atoms with Gasteiger partial charge < -0.3 is 0 Å². The van der Waals surface area contributed by atoms with Crippen molar-refractivity contribution in [2.24, 2.45) is 10.8 Å². The lowest BCUT2D eigenvalue weighted by Crippen LogP contribution is -2.06. The molecule has 0 N–H and O–H groups in total. The highest BCUT2D eigenvalue weighted by Crippen LogP contribution is 2.25. The number of hydrogen-bond acceptors (Lipinski definition) is 0. The molecule has 0 saturated carbocycles. The first-order valence-electron chi connectivity index (χ1n) is 6.11. The van der Waals surface area contributed by atoms with Crippen molar-refractivity contribution in [3.63, 3.8) is 0 Å². The number of hydrogen-bond donors (Lipinski definition) is 0. The highest BCUT2D eigenvalue weighted by molar-refractivity contribution is 5.14. The molecule has 0 atom stereocenters. The molecule has 2 aliphatic carbocycles. The topological polar surface area (TPSA) is 0 Å². The molecule has 0 heteroatoms. The Hall–Kier alpha value is -1.04. The minimum Gasteiger partial charge on any atom is -0.0839 e. The van der Waals surface area contributed by atoms with Gasteiger partial charge in [-0.25, -0.2) is 0 Å². The molecule has 0 unspecified atom stereocenters. The summed E-state index contributed by atoms with van der Waals surface area (Å²) in [5, 5.41) is 0. The summed E-state index contributed by atoms with van der Waals surface area (Å²) in [6.07, 6.45) is 19.9. The van der Waals surface area contributed by atoms with Crippen LogP contribution in [0.1, 0.15) is 40.5 Å². The molecule has 0 aliphatic heterocycles. The van der Waals surface area contributed by atoms with Crippen LogP contribution in [0.25, 0.3) is 0 Å². The summed E-state index contributed by atoms with van der Waals surface area (Å²) in [5.74, 6) is 0. The van der Waals surface area contributed by atoms with Gasteiger partial charge in [0.2, 0.25) is 0 Å². The molecule has 0 radical (unpaired) electrons. The van der Waals surface area contributed by atoms with Gasteiger partial charge in [-0.05, 0) is 18.3 Å². The second-order valence-corrected chi connectivity index (χ2v) is 5.84. The van der Waals surface area contributed by atoms with Crippen LogP contribution < -0.4 is 0 Å². The Balaban J connectivity index is 0.000000160. The fraction of sp³-hybridized carbons (Fsp3) is 0.500. The van der Waals surface area contributed by atoms with E-state index in [1.54, 1.807) is 0 Å². The standard InChI is InChI=1S/2C8H12/c2*1-8(2)6-4-3-5-7-8/h4-7H,3H2,1-2H3;3-6H,7H2,1-2H3. The van der Waals surface area contributed by atoms with Crippen LogP contribution in [0.2, 0.25) is 0 Å². The van der Waals surface area contributed by atoms with Crippen LogP contribution in [-0.4, -0.2) is 0 Å². The van der Waals surface area contributed by atoms with Crippen molar-refractivity contribution in [2.75, 3.05) is 0 Å². The van der Waals surface area contributed by atoms with Gasteiger partial charge in [-0.3, -0.25) is 0 Å². The molecule has 0 amide bonds. The zero-order valence-electron chi connectivity index (χ0n) is 11.0. The monoisotopic (exact) mass is 216 g/mol. The van der Waals surface area contributed by atoms with Crippen LogP contribution in [0.5, 0.6) is 0 Å². The van der Waals surface area contributed by atoms with Gasteiger partial charge in [-0.1, -0.05) is 76.3 Å². The van der Waals surface area contributed by atoms with Gasteiger partial charge in [0.15, 0.2) is 0 Å². The maximum absolute atomic E-state index is 2.24. The maximum Gasteiger partial charge on any atom is 0.000462 e. The van der Waals surface area contributed by atoms with Crippen molar-refractivity contribution in [1.29, 1.82) is 0 Å². The van der Waals surface area contributed by atoms with Crippen LogP contribution >= 0.6 is 0 Å². The predicted molar refractivity (Wildman–Crippen MR) is 73.4 cm³/mol. The molecule has 0 heterocycles. The van der Waals surface area contributed by atoms with Crippen LogP contribution in [0.3, 0.4) is 0 Å². The maximum atomic E-state index is 2.24. The Morgan fingerprint density at radius 1 is 0.750 bits per heavy atom. The van der Waals surface area contributed by atoms with Crippen LogP contribution in [0.4, 0.5) is 0 Å². The Bertz CT molecular complexity index is 308. The Morgan fingerprint density at radius 3 is 1.62 bits per heavy atom. The summed E-state index contributed by atoms with van der Waals surface area (Å²) in [7, 11) is 0. The highest BCUT2D eigenvalue weighted by atomic mass is 14.2. The lowest BCUT2D eigenvalue weighted by atomic mass is 9.86. The summed E-state index contributed by atoms with van der Waals surface area (Å²) in [6.45, 7) is 8.90. The van der Waals surface area contributed by atoms with Crippen LogP contribution in [-0.2, 0) is 0 Å². The lowest BCUT2D eigenvalue weighted by molar-refractivity contribution is 0.484. The van der Waals surface area contributed by atoms with Crippen LogP contribution in [0, 0.1) is 10.8 Å². The van der Waals surface area contributed by atoms with E-state index in [9.17, 15) is 0 Å². The third-order valence-corrected chi connectivity index (χ3v) is 2.81. The van der Waals surface area contributed by atoms with E-state index in [-0.39, 0.29) is 0 Å². The Morgan fingerprint density at radius 2 is 1.38 bits per heavy atom. The van der Waals surface area contributed by atoms with E-state index >= 15 is 0 Å². The third kappa shape index (κ3) is 5.16. The molecule has 0 aromatic carbocycles. The second-order valence-electron chi connectivity index (χ2n) is 5.84. The molecule has 0 aromatic heterocycles. The SMILES string of the molecule is CC1(C)C=CC=CC1.CC1(C)C=CCC=C1. The van der Waals surface area contributed by atoms with E-state index in [0.29, 0.717) is 10.8 Å². The molecule has 16 heavy (non-hydrogen) atoms. The number of allylic oxidation sites excluding steroid dienone is 8. The van der Waals surface area contributed by atoms with Gasteiger partial charge in [0, 0.05) is 5.41 Å². The fourth-order valence-electron chi connectivity index (χ4n) is 1.71. The van der Waals surface area contributed by atoms with E-state index in [1.807, 2.05) is 0 Å². The van der Waals surface area contributed by atoms with Gasteiger partial charge >= 0.3 is 0 Å². The first kappa shape index (κ1) is 13.0. The van der Waals surface area contributed by atoms with E-state index in [0.717, 1.165) is 6.42 Å². The van der Waals surface area contributed by atoms with E-state index in [1.165, 1.54) is 6.42 Å². The normalized spacial score (nSPS) is 23.8. The molecule has 0 bridgehead atoms. The minimum atomic E-state index is 0.318. The van der Waals surface area contributed by atoms with Gasteiger partial charge in [-0.2, -0.15) is 0 Å². The molecule has 0 nitrogen and oxygen atoms in total. The summed E-state index contributed by atoms with van der Waals surface area (Å²) >= 11 is 0. The summed E-state index contributed by atoms with van der Waals surface area (Å²) in [4.78, 5) is 0. The average Bonchev–Trinajstić information content (AvgIpc) is 2.17. The molecular weight excluding hydrogens is 192 g/mol. The smallest absolute Gasteiger partial charge is 0.000462 e. The van der Waals surface area contributed by atoms with Crippen molar-refractivity contribution in [3.05, 3.63) is 48.6 Å². The summed E-state index contributed by atoms with van der Waals surface area (Å²) in [5.41, 5.74) is 0.729. The summed E-state index contributed by atoms with van der Waals surface area (Å²) < 4.78 is 0. The zero-order valence-corrected chi connectivity index (χ0v) is 11.0. The average molecular weight is 216 g/mol. The third-order valence-electron chi connectivity index (χ3n) is 2.81. The Kier molecular flexibility index (Phi) is 4.35. The van der Waals surface area contributed by atoms with E-state index < -0.39 is 0 Å². The zero-order chi connectivity index (χ0) is 12.1. The molecule has 0 saturated heterocycles. The van der Waals surface area contributed by atoms with Gasteiger partial charge in [0.05, 0.1) is 0 Å².